The highest BCUT2D eigenvalue weighted by Crippen LogP contribution is 2.26. The summed E-state index contributed by atoms with van der Waals surface area (Å²) in [6.45, 7) is 7.94. The quantitative estimate of drug-likeness (QED) is 0.551. The summed E-state index contributed by atoms with van der Waals surface area (Å²) in [6.07, 6.45) is 0. The molecule has 0 aromatic carbocycles. The first kappa shape index (κ1) is 8.92. The van der Waals surface area contributed by atoms with Crippen molar-refractivity contribution in [2.75, 3.05) is 6.61 Å². The molecule has 0 unspecified atom stereocenters. The molecule has 0 spiro atoms. The highest BCUT2D eigenvalue weighted by molar-refractivity contribution is 4.89. The molecule has 0 aliphatic carbocycles. The summed E-state index contributed by atoms with van der Waals surface area (Å²) in [5.41, 5.74) is 5.25. The lowest BCUT2D eigenvalue weighted by Gasteiger charge is -2.36. The molecule has 3 N–H and O–H groups in total. The SMILES string of the molecule is CC(C)(C)[C@@](C)(N)CO. The van der Waals surface area contributed by atoms with E-state index in [9.17, 15) is 0 Å². The average molecular weight is 131 g/mol. The molecule has 0 rings (SSSR count). The summed E-state index contributed by atoms with van der Waals surface area (Å²) in [5.74, 6) is 0. The number of rotatable bonds is 1. The molecule has 0 amide bonds. The van der Waals surface area contributed by atoms with Crippen LogP contribution in [0.5, 0.6) is 0 Å². The molecule has 0 heterocycles. The van der Waals surface area contributed by atoms with E-state index in [-0.39, 0.29) is 12.0 Å². The summed E-state index contributed by atoms with van der Waals surface area (Å²) >= 11 is 0. The lowest BCUT2D eigenvalue weighted by atomic mass is 9.76. The van der Waals surface area contributed by atoms with Gasteiger partial charge in [0, 0.05) is 5.54 Å². The monoisotopic (exact) mass is 131 g/mol. The zero-order valence-electron chi connectivity index (χ0n) is 6.73. The molecule has 0 aromatic heterocycles. The highest BCUT2D eigenvalue weighted by atomic mass is 16.3. The molecule has 2 nitrogen and oxygen atoms in total. The van der Waals surface area contributed by atoms with Crippen LogP contribution in [0.2, 0.25) is 0 Å². The Labute approximate surface area is 57.1 Å². The minimum Gasteiger partial charge on any atom is -0.394 e. The minimum atomic E-state index is -0.465. The van der Waals surface area contributed by atoms with Crippen LogP contribution in [0, 0.1) is 5.41 Å². The first-order chi connectivity index (χ1) is 3.81. The van der Waals surface area contributed by atoms with E-state index in [4.69, 9.17) is 10.8 Å². The topological polar surface area (TPSA) is 46.2 Å². The van der Waals surface area contributed by atoms with Crippen molar-refractivity contribution in [1.29, 1.82) is 0 Å². The molecule has 0 aromatic rings. The molecule has 56 valence electrons. The number of aliphatic hydroxyl groups excluding tert-OH is 1. The fourth-order valence-electron chi connectivity index (χ4n) is 0.237. The fourth-order valence-corrected chi connectivity index (χ4v) is 0.237. The maximum atomic E-state index is 8.80. The first-order valence-electron chi connectivity index (χ1n) is 3.21. The van der Waals surface area contributed by atoms with Crippen LogP contribution >= 0.6 is 0 Å². The summed E-state index contributed by atoms with van der Waals surface area (Å²) < 4.78 is 0. The van der Waals surface area contributed by atoms with Gasteiger partial charge in [-0.25, -0.2) is 0 Å². The highest BCUT2D eigenvalue weighted by Gasteiger charge is 2.32. The van der Waals surface area contributed by atoms with Crippen LogP contribution in [-0.2, 0) is 0 Å². The zero-order valence-corrected chi connectivity index (χ0v) is 6.73. The van der Waals surface area contributed by atoms with Crippen LogP contribution in [0.25, 0.3) is 0 Å². The van der Waals surface area contributed by atoms with Gasteiger partial charge in [-0.15, -0.1) is 0 Å². The van der Waals surface area contributed by atoms with Gasteiger partial charge in [0.1, 0.15) is 0 Å². The van der Waals surface area contributed by atoms with E-state index in [0.717, 1.165) is 0 Å². The second kappa shape index (κ2) is 2.27. The Morgan fingerprint density at radius 2 is 1.56 bits per heavy atom. The molecule has 0 saturated heterocycles. The van der Waals surface area contributed by atoms with E-state index in [1.54, 1.807) is 0 Å². The van der Waals surface area contributed by atoms with E-state index in [0.29, 0.717) is 0 Å². The normalized spacial score (nSPS) is 19.3. The number of hydrogen-bond donors (Lipinski definition) is 2. The summed E-state index contributed by atoms with van der Waals surface area (Å²) in [6, 6.07) is 0. The smallest absolute Gasteiger partial charge is 0.0613 e. The molecule has 1 atom stereocenters. The standard InChI is InChI=1S/C7H17NO/c1-6(2,3)7(4,8)5-9/h9H,5,8H2,1-4H3/t7-/m0/s1. The molecule has 9 heavy (non-hydrogen) atoms. The predicted molar refractivity (Wildman–Crippen MR) is 39.1 cm³/mol. The molecule has 0 fully saturated rings. The summed E-state index contributed by atoms with van der Waals surface area (Å²) in [7, 11) is 0. The van der Waals surface area contributed by atoms with Crippen LogP contribution in [0.15, 0.2) is 0 Å². The second-order valence-corrected chi connectivity index (χ2v) is 3.83. The van der Waals surface area contributed by atoms with Gasteiger partial charge in [-0.05, 0) is 12.3 Å². The molecule has 0 bridgehead atoms. The van der Waals surface area contributed by atoms with Gasteiger partial charge in [0.15, 0.2) is 0 Å². The number of nitrogens with two attached hydrogens (primary N) is 1. The van der Waals surface area contributed by atoms with Crippen molar-refractivity contribution >= 4 is 0 Å². The lowest BCUT2D eigenvalue weighted by molar-refractivity contribution is 0.111. The first-order valence-corrected chi connectivity index (χ1v) is 3.21. The average Bonchev–Trinajstić information content (AvgIpc) is 1.64. The fraction of sp³-hybridized carbons (Fsp3) is 1.00. The molecule has 0 aliphatic rings. The van der Waals surface area contributed by atoms with Gasteiger partial charge >= 0.3 is 0 Å². The van der Waals surface area contributed by atoms with Gasteiger partial charge in [-0.3, -0.25) is 0 Å². The number of aliphatic hydroxyl groups is 1. The Balaban J connectivity index is 4.14. The van der Waals surface area contributed by atoms with Crippen LogP contribution < -0.4 is 5.73 Å². The van der Waals surface area contributed by atoms with Gasteiger partial charge < -0.3 is 10.8 Å². The Kier molecular flexibility index (Phi) is 2.25. The zero-order chi connectivity index (χ0) is 7.71. The van der Waals surface area contributed by atoms with Gasteiger partial charge in [0.25, 0.3) is 0 Å². The largest absolute Gasteiger partial charge is 0.394 e. The third-order valence-corrected chi connectivity index (χ3v) is 2.04. The van der Waals surface area contributed by atoms with Crippen molar-refractivity contribution in [2.45, 2.75) is 33.2 Å². The van der Waals surface area contributed by atoms with E-state index in [2.05, 4.69) is 0 Å². The molecule has 0 radical (unpaired) electrons. The molecule has 0 aliphatic heterocycles. The molecule has 0 saturated carbocycles. The van der Waals surface area contributed by atoms with Gasteiger partial charge in [0.2, 0.25) is 0 Å². The third kappa shape index (κ3) is 1.95. The minimum absolute atomic E-state index is 0.0260. The lowest BCUT2D eigenvalue weighted by Crippen LogP contribution is -2.51. The summed E-state index contributed by atoms with van der Waals surface area (Å²) in [5, 5.41) is 8.80. The Morgan fingerprint density at radius 1 is 1.22 bits per heavy atom. The van der Waals surface area contributed by atoms with E-state index in [1.807, 2.05) is 27.7 Å². The Bertz CT molecular complexity index is 91.6. The van der Waals surface area contributed by atoms with E-state index in [1.165, 1.54) is 0 Å². The maximum Gasteiger partial charge on any atom is 0.0613 e. The van der Waals surface area contributed by atoms with Gasteiger partial charge in [-0.2, -0.15) is 0 Å². The molecular weight excluding hydrogens is 114 g/mol. The second-order valence-electron chi connectivity index (χ2n) is 3.83. The van der Waals surface area contributed by atoms with E-state index < -0.39 is 5.54 Å². The van der Waals surface area contributed by atoms with Crippen LogP contribution in [-0.4, -0.2) is 17.3 Å². The third-order valence-electron chi connectivity index (χ3n) is 2.04. The Hall–Kier alpha value is -0.0800. The Morgan fingerprint density at radius 3 is 1.56 bits per heavy atom. The maximum absolute atomic E-state index is 8.80. The van der Waals surface area contributed by atoms with Crippen molar-refractivity contribution in [3.63, 3.8) is 0 Å². The van der Waals surface area contributed by atoms with Crippen molar-refractivity contribution in [2.24, 2.45) is 11.1 Å². The van der Waals surface area contributed by atoms with Crippen LogP contribution in [0.1, 0.15) is 27.7 Å². The van der Waals surface area contributed by atoms with Crippen molar-refractivity contribution in [3.05, 3.63) is 0 Å². The van der Waals surface area contributed by atoms with Crippen molar-refractivity contribution in [1.82, 2.24) is 0 Å². The molecule has 2 heteroatoms. The number of hydrogen-bond acceptors (Lipinski definition) is 2. The van der Waals surface area contributed by atoms with Crippen LogP contribution in [0.3, 0.4) is 0 Å². The molecular formula is C7H17NO. The van der Waals surface area contributed by atoms with Gasteiger partial charge in [-0.1, -0.05) is 20.8 Å². The van der Waals surface area contributed by atoms with E-state index >= 15 is 0 Å². The van der Waals surface area contributed by atoms with Crippen molar-refractivity contribution in [3.8, 4) is 0 Å². The van der Waals surface area contributed by atoms with Crippen molar-refractivity contribution < 1.29 is 5.11 Å². The summed E-state index contributed by atoms with van der Waals surface area (Å²) in [4.78, 5) is 0. The predicted octanol–water partition coefficient (Wildman–Crippen LogP) is 0.742. The van der Waals surface area contributed by atoms with Crippen LogP contribution in [0.4, 0.5) is 0 Å². The van der Waals surface area contributed by atoms with Gasteiger partial charge in [0.05, 0.1) is 6.61 Å².